The average Bonchev–Trinajstić information content (AvgIpc) is 3.35. The molecule has 1 amide bonds. The van der Waals surface area contributed by atoms with E-state index in [9.17, 15) is 18.7 Å². The van der Waals surface area contributed by atoms with E-state index in [0.29, 0.717) is 12.0 Å². The molecule has 2 heterocycles. The van der Waals surface area contributed by atoms with Crippen molar-refractivity contribution in [3.63, 3.8) is 0 Å². The van der Waals surface area contributed by atoms with Crippen molar-refractivity contribution in [3.8, 4) is 11.3 Å². The van der Waals surface area contributed by atoms with Crippen LogP contribution in [0.4, 0.5) is 8.78 Å². The van der Waals surface area contributed by atoms with Gasteiger partial charge in [0, 0.05) is 17.5 Å². The molecule has 2 bridgehead atoms. The van der Waals surface area contributed by atoms with Crippen LogP contribution in [-0.4, -0.2) is 26.7 Å². The lowest BCUT2D eigenvalue weighted by atomic mass is 9.62. The molecule has 1 aromatic heterocycles. The van der Waals surface area contributed by atoms with E-state index in [2.05, 4.69) is 33.1 Å². The second-order valence-electron chi connectivity index (χ2n) is 11.0. The molecule has 3 saturated carbocycles. The number of imidazole rings is 1. The van der Waals surface area contributed by atoms with Crippen LogP contribution in [0, 0.1) is 22.5 Å². The number of nitrogens with one attached hydrogen (secondary N) is 1. The van der Waals surface area contributed by atoms with Crippen molar-refractivity contribution in [3.05, 3.63) is 77.8 Å². The van der Waals surface area contributed by atoms with Gasteiger partial charge in [0.05, 0.1) is 30.4 Å². The fraction of sp³-hybridized carbons (Fsp3) is 0.448. The van der Waals surface area contributed by atoms with Crippen molar-refractivity contribution in [1.82, 2.24) is 14.9 Å². The number of hydrogen-bond donors (Lipinski definition) is 2. The van der Waals surface area contributed by atoms with Gasteiger partial charge in [-0.05, 0) is 73.6 Å². The predicted octanol–water partition coefficient (Wildman–Crippen LogP) is 5.53. The molecular weight excluding hydrogens is 460 g/mol. The minimum atomic E-state index is -0.904. The second kappa shape index (κ2) is 8.80. The molecule has 4 aliphatic rings. The smallest absolute Gasteiger partial charge is 0.226 e. The van der Waals surface area contributed by atoms with Crippen LogP contribution in [0.25, 0.3) is 11.3 Å². The zero-order chi connectivity index (χ0) is 24.9. The van der Waals surface area contributed by atoms with Crippen LogP contribution in [0.1, 0.15) is 68.5 Å². The lowest BCUT2D eigenvalue weighted by Crippen LogP contribution is -2.46. The summed E-state index contributed by atoms with van der Waals surface area (Å²) in [7, 11) is 0. The monoisotopic (exact) mass is 491 g/mol. The first kappa shape index (κ1) is 23.3. The molecule has 7 heteroatoms. The molecule has 2 N–H and O–H groups in total. The maximum absolute atomic E-state index is 13.6. The normalized spacial score (nSPS) is 27.2. The number of rotatable bonds is 6. The highest BCUT2D eigenvalue weighted by Crippen LogP contribution is 2.57. The van der Waals surface area contributed by atoms with Crippen molar-refractivity contribution in [1.29, 1.82) is 0 Å². The summed E-state index contributed by atoms with van der Waals surface area (Å²) in [4.78, 5) is 17.6. The van der Waals surface area contributed by atoms with Gasteiger partial charge in [0.25, 0.3) is 0 Å². The largest absolute Gasteiger partial charge is 0.392 e. The van der Waals surface area contributed by atoms with Crippen molar-refractivity contribution in [2.75, 3.05) is 0 Å². The van der Waals surface area contributed by atoms with Crippen molar-refractivity contribution < 1.29 is 18.7 Å². The number of benzene rings is 2. The van der Waals surface area contributed by atoms with Gasteiger partial charge in [0.2, 0.25) is 5.91 Å². The van der Waals surface area contributed by atoms with Crippen molar-refractivity contribution in [2.45, 2.75) is 70.1 Å². The van der Waals surface area contributed by atoms with E-state index >= 15 is 0 Å². The Morgan fingerprint density at radius 2 is 1.89 bits per heavy atom. The van der Waals surface area contributed by atoms with E-state index in [-0.39, 0.29) is 23.9 Å². The molecule has 0 radical (unpaired) electrons. The Morgan fingerprint density at radius 1 is 1.08 bits per heavy atom. The Labute approximate surface area is 209 Å². The van der Waals surface area contributed by atoms with Gasteiger partial charge in [-0.3, -0.25) is 4.79 Å². The predicted molar refractivity (Wildman–Crippen MR) is 132 cm³/mol. The highest BCUT2D eigenvalue weighted by molar-refractivity contribution is 5.82. The standard InChI is InChI=1S/C29H31F2N3O2/c30-22-7-6-19(14-23(22)31)16-33-27(36)29-9-3-8-28(10-12-29,11-13-29)26(35)15-24-20-4-1-2-5-21(20)25-17-32-18-34(24)25/h1-2,4-7,14,17-18,24,26,35H,3,8-13,15-16H2,(H,33,36). The molecule has 3 aliphatic carbocycles. The zero-order valence-corrected chi connectivity index (χ0v) is 20.2. The summed E-state index contributed by atoms with van der Waals surface area (Å²) in [6, 6.07) is 12.1. The number of hydrogen-bond acceptors (Lipinski definition) is 3. The van der Waals surface area contributed by atoms with Gasteiger partial charge in [-0.1, -0.05) is 36.8 Å². The molecule has 3 aromatic rings. The van der Waals surface area contributed by atoms with Crippen molar-refractivity contribution >= 4 is 5.91 Å². The summed E-state index contributed by atoms with van der Waals surface area (Å²) in [6.45, 7) is 0.180. The van der Waals surface area contributed by atoms with Crippen LogP contribution in [-0.2, 0) is 11.3 Å². The van der Waals surface area contributed by atoms with Crippen LogP contribution < -0.4 is 5.32 Å². The first-order valence-electron chi connectivity index (χ1n) is 12.9. The first-order chi connectivity index (χ1) is 17.4. The summed E-state index contributed by atoms with van der Waals surface area (Å²) in [5, 5.41) is 14.6. The summed E-state index contributed by atoms with van der Waals surface area (Å²) >= 11 is 0. The molecule has 2 aromatic carbocycles. The van der Waals surface area contributed by atoms with Gasteiger partial charge >= 0.3 is 0 Å². The van der Waals surface area contributed by atoms with Gasteiger partial charge in [0.15, 0.2) is 11.6 Å². The maximum Gasteiger partial charge on any atom is 0.226 e. The highest BCUT2D eigenvalue weighted by atomic mass is 19.2. The van der Waals surface area contributed by atoms with Gasteiger partial charge in [-0.2, -0.15) is 0 Å². The molecular formula is C29H31F2N3O2. The molecule has 7 rings (SSSR count). The van der Waals surface area contributed by atoms with Gasteiger partial charge < -0.3 is 15.0 Å². The Balaban J connectivity index is 1.14. The van der Waals surface area contributed by atoms with E-state index in [1.54, 1.807) is 0 Å². The summed E-state index contributed by atoms with van der Waals surface area (Å²) in [6.07, 6.45) is 9.64. The highest BCUT2D eigenvalue weighted by Gasteiger charge is 2.52. The number of aliphatic hydroxyl groups excluding tert-OH is 1. The van der Waals surface area contributed by atoms with Crippen LogP contribution in [0.3, 0.4) is 0 Å². The molecule has 2 atom stereocenters. The fourth-order valence-corrected chi connectivity index (χ4v) is 7.00. The molecule has 188 valence electrons. The number of halogens is 2. The third-order valence-electron chi connectivity index (χ3n) is 9.20. The number of carbonyl (C=O) groups is 1. The van der Waals surface area contributed by atoms with Crippen LogP contribution >= 0.6 is 0 Å². The van der Waals surface area contributed by atoms with Crippen LogP contribution in [0.15, 0.2) is 55.0 Å². The summed E-state index contributed by atoms with van der Waals surface area (Å²) < 4.78 is 29.0. The minimum Gasteiger partial charge on any atom is -0.392 e. The molecule has 5 nitrogen and oxygen atoms in total. The molecule has 2 unspecified atom stereocenters. The number of carbonyl (C=O) groups excluding carboxylic acids is 1. The van der Waals surface area contributed by atoms with Crippen molar-refractivity contribution in [2.24, 2.45) is 10.8 Å². The number of amides is 1. The molecule has 3 fully saturated rings. The number of aliphatic hydroxyl groups is 1. The third-order valence-corrected chi connectivity index (χ3v) is 9.20. The fourth-order valence-electron chi connectivity index (χ4n) is 7.00. The quantitative estimate of drug-likeness (QED) is 0.477. The minimum absolute atomic E-state index is 0.00926. The lowest BCUT2D eigenvalue weighted by Gasteiger charge is -2.45. The summed E-state index contributed by atoms with van der Waals surface area (Å²) in [5.41, 5.74) is 3.44. The number of aromatic nitrogens is 2. The maximum atomic E-state index is 13.6. The van der Waals surface area contributed by atoms with E-state index in [1.807, 2.05) is 18.6 Å². The Morgan fingerprint density at radius 3 is 2.69 bits per heavy atom. The Bertz CT molecular complexity index is 1300. The number of nitrogens with zero attached hydrogens (tertiary/aromatic N) is 2. The summed E-state index contributed by atoms with van der Waals surface area (Å²) in [5.74, 6) is -1.80. The van der Waals surface area contributed by atoms with E-state index < -0.39 is 23.2 Å². The van der Waals surface area contributed by atoms with E-state index in [1.165, 1.54) is 17.2 Å². The molecule has 36 heavy (non-hydrogen) atoms. The topological polar surface area (TPSA) is 67.2 Å². The van der Waals surface area contributed by atoms with Gasteiger partial charge in [-0.15, -0.1) is 0 Å². The second-order valence-corrected chi connectivity index (χ2v) is 11.0. The molecule has 0 saturated heterocycles. The van der Waals surface area contributed by atoms with Gasteiger partial charge in [-0.25, -0.2) is 13.8 Å². The molecule has 0 spiro atoms. The zero-order valence-electron chi connectivity index (χ0n) is 20.2. The van der Waals surface area contributed by atoms with Crippen LogP contribution in [0.2, 0.25) is 0 Å². The average molecular weight is 492 g/mol. The van der Waals surface area contributed by atoms with Crippen LogP contribution in [0.5, 0.6) is 0 Å². The number of fused-ring (bicyclic) bond motifs is 7. The molecule has 1 aliphatic heterocycles. The van der Waals surface area contributed by atoms with E-state index in [4.69, 9.17) is 0 Å². The lowest BCUT2D eigenvalue weighted by molar-refractivity contribution is -0.135. The SMILES string of the molecule is O=C(NCc1ccc(F)c(F)c1)C12CCCC(C(O)CC3c4ccccc4-c4cncn43)(CC1)CC2. The van der Waals surface area contributed by atoms with Gasteiger partial charge in [0.1, 0.15) is 0 Å². The Kier molecular flexibility index (Phi) is 5.71. The third kappa shape index (κ3) is 3.76. The Hall–Kier alpha value is -3.06. The first-order valence-corrected chi connectivity index (χ1v) is 12.9. The van der Waals surface area contributed by atoms with E-state index in [0.717, 1.165) is 62.8 Å².